The van der Waals surface area contributed by atoms with Gasteiger partial charge in [0.05, 0.1) is 20.6 Å². The summed E-state index contributed by atoms with van der Waals surface area (Å²) in [5.41, 5.74) is 0. The molecule has 0 unspecified atom stereocenters. The number of benzene rings is 4. The Kier molecular flexibility index (Phi) is 1.94. The zero-order valence-corrected chi connectivity index (χ0v) is 12.0. The van der Waals surface area contributed by atoms with E-state index in [9.17, 15) is 0 Å². The third-order valence-corrected chi connectivity index (χ3v) is 2.99. The Bertz CT molecular complexity index is 1250. The molecule has 0 nitrogen and oxygen atoms in total. The second-order valence-corrected chi connectivity index (χ2v) is 4.48. The molecule has 0 aliphatic carbocycles. The van der Waals surface area contributed by atoms with Gasteiger partial charge in [-0.05, 0) is 27.6 Å². The smallest absolute Gasteiger partial charge is 0.0635 e. The molecule has 4 rings (SSSR count). The van der Waals surface area contributed by atoms with Crippen LogP contribution in [0.2, 0.25) is 0 Å². The highest BCUT2D eigenvalue weighted by Crippen LogP contribution is 2.22. The van der Waals surface area contributed by atoms with E-state index < -0.39 is 60.4 Å². The molecule has 0 fully saturated rings. The fraction of sp³-hybridized carbons (Fsp3) is 0.0476. The van der Waals surface area contributed by atoms with E-state index in [1.54, 1.807) is 0 Å². The predicted octanol–water partition coefficient (Wildman–Crippen LogP) is 7.08. The minimum Gasteiger partial charge on any atom is -0.0776 e. The number of rotatable bonds is 0. The van der Waals surface area contributed by atoms with Gasteiger partial charge >= 0.3 is 0 Å². The number of fused-ring (bicyclic) bond motifs is 2. The topological polar surface area (TPSA) is 0 Å². The lowest BCUT2D eigenvalue weighted by molar-refractivity contribution is 1.71. The predicted molar refractivity (Wildman–Crippen MR) is 102 cm³/mol. The SMILES string of the molecule is C.[2H]c1c([2H])c([2H])c2c(Br)c([2H])c([2H])c([2H])c2c1[2H].[2H]c1c([2H])c([2H])c2c([2H])c([2H])c([2H])c([2H])c2c1[2H]. The first kappa shape index (κ1) is 5.50. The maximum atomic E-state index is 7.78. The van der Waals surface area contributed by atoms with Gasteiger partial charge in [0.1, 0.15) is 0 Å². The van der Waals surface area contributed by atoms with Crippen LogP contribution in [0, 0.1) is 0 Å². The van der Waals surface area contributed by atoms with Gasteiger partial charge in [-0.25, -0.2) is 0 Å². The average Bonchev–Trinajstić information content (AvgIpc) is 2.85. The van der Waals surface area contributed by atoms with E-state index in [0.29, 0.717) is 0 Å². The molecule has 4 aromatic carbocycles. The third kappa shape index (κ3) is 3.75. The van der Waals surface area contributed by atoms with Crippen molar-refractivity contribution in [2.75, 3.05) is 0 Å². The molecule has 0 heterocycles. The first-order valence-corrected chi connectivity index (χ1v) is 6.48. The number of hydrogen-bond acceptors (Lipinski definition) is 0. The molecule has 22 heavy (non-hydrogen) atoms. The summed E-state index contributed by atoms with van der Waals surface area (Å²) in [5, 5.41) is -0.306. The normalized spacial score (nSPS) is 19.2. The zero-order chi connectivity index (χ0) is 27.5. The maximum absolute atomic E-state index is 7.78. The van der Waals surface area contributed by atoms with E-state index in [1.165, 1.54) is 0 Å². The van der Waals surface area contributed by atoms with Crippen LogP contribution in [-0.4, -0.2) is 0 Å². The molecule has 0 bridgehead atoms. The van der Waals surface area contributed by atoms with Crippen LogP contribution in [0.4, 0.5) is 0 Å². The van der Waals surface area contributed by atoms with E-state index >= 15 is 0 Å². The summed E-state index contributed by atoms with van der Waals surface area (Å²) in [6, 6.07) is -6.28. The molecule has 0 aliphatic rings. The van der Waals surface area contributed by atoms with Crippen molar-refractivity contribution in [3.63, 3.8) is 0 Å². The van der Waals surface area contributed by atoms with Gasteiger partial charge in [-0.1, -0.05) is 108 Å². The van der Waals surface area contributed by atoms with Crippen molar-refractivity contribution < 1.29 is 20.6 Å². The Morgan fingerprint density at radius 1 is 0.545 bits per heavy atom. The maximum Gasteiger partial charge on any atom is 0.0635 e. The molecule has 0 amide bonds. The molecule has 0 atom stereocenters. The van der Waals surface area contributed by atoms with Crippen LogP contribution in [0.3, 0.4) is 0 Å². The van der Waals surface area contributed by atoms with Gasteiger partial charge in [0.25, 0.3) is 0 Å². The molecular weight excluding hydrogens is 332 g/mol. The second kappa shape index (κ2) is 7.77. The minimum absolute atomic E-state index is 0. The summed E-state index contributed by atoms with van der Waals surface area (Å²) >= 11 is 3.07. The highest BCUT2D eigenvalue weighted by Gasteiger charge is 1.93. The van der Waals surface area contributed by atoms with Crippen LogP contribution in [0.5, 0.6) is 0 Å². The van der Waals surface area contributed by atoms with Crippen molar-refractivity contribution in [2.24, 2.45) is 0 Å². The van der Waals surface area contributed by atoms with Gasteiger partial charge in [-0.2, -0.15) is 0 Å². The molecule has 0 spiro atoms. The minimum atomic E-state index is -0.502. The fourth-order valence-corrected chi connectivity index (χ4v) is 1.87. The van der Waals surface area contributed by atoms with Gasteiger partial charge in [-0.15, -0.1) is 0 Å². The first-order valence-electron chi connectivity index (χ1n) is 13.2. The van der Waals surface area contributed by atoms with Gasteiger partial charge < -0.3 is 0 Å². The van der Waals surface area contributed by atoms with Gasteiger partial charge in [0.15, 0.2) is 0 Å². The molecule has 0 aliphatic heterocycles. The zero-order valence-electron chi connectivity index (χ0n) is 25.4. The molecule has 0 radical (unpaired) electrons. The summed E-state index contributed by atoms with van der Waals surface area (Å²) in [5.74, 6) is 0. The molecule has 110 valence electrons. The van der Waals surface area contributed by atoms with Crippen molar-refractivity contribution in [2.45, 2.75) is 7.43 Å². The molecule has 0 saturated heterocycles. The third-order valence-electron chi connectivity index (χ3n) is 2.39. The average molecular weight is 366 g/mol. The lowest BCUT2D eigenvalue weighted by atomic mass is 10.1. The highest BCUT2D eigenvalue weighted by molar-refractivity contribution is 9.10. The van der Waals surface area contributed by atoms with Crippen molar-refractivity contribution >= 4 is 37.5 Å². The molecule has 4 aromatic rings. The molecule has 0 saturated carbocycles. The van der Waals surface area contributed by atoms with Crippen LogP contribution in [0.25, 0.3) is 21.5 Å². The summed E-state index contributed by atoms with van der Waals surface area (Å²) in [7, 11) is 0. The van der Waals surface area contributed by atoms with Crippen LogP contribution < -0.4 is 0 Å². The Hall–Kier alpha value is -2.12. The summed E-state index contributed by atoms with van der Waals surface area (Å²) in [6.07, 6.45) is 0. The molecule has 0 N–H and O–H groups in total. The van der Waals surface area contributed by atoms with Gasteiger partial charge in [-0.3, -0.25) is 0 Å². The molecular formula is C21H19Br. The van der Waals surface area contributed by atoms with Crippen LogP contribution in [0.15, 0.2) is 95.1 Å². The quantitative estimate of drug-likeness (QED) is 0.312. The lowest BCUT2D eigenvalue weighted by Gasteiger charge is -1.97. The van der Waals surface area contributed by atoms with Crippen molar-refractivity contribution in [1.82, 2.24) is 0 Å². The van der Waals surface area contributed by atoms with Crippen LogP contribution in [-0.2, 0) is 0 Å². The highest BCUT2D eigenvalue weighted by atomic mass is 79.9. The van der Waals surface area contributed by atoms with E-state index in [4.69, 9.17) is 20.6 Å². The summed E-state index contributed by atoms with van der Waals surface area (Å²) in [6.45, 7) is 0. The fourth-order valence-electron chi connectivity index (χ4n) is 1.47. The number of hydrogen-bond donors (Lipinski definition) is 0. The van der Waals surface area contributed by atoms with Crippen LogP contribution in [0.1, 0.15) is 28.0 Å². The van der Waals surface area contributed by atoms with Crippen molar-refractivity contribution in [3.05, 3.63) is 95.1 Å². The lowest BCUT2D eigenvalue weighted by Crippen LogP contribution is -1.71. The van der Waals surface area contributed by atoms with E-state index in [-0.39, 0.29) is 63.7 Å². The largest absolute Gasteiger partial charge is 0.0776 e. The monoisotopic (exact) mass is 365 g/mol. The van der Waals surface area contributed by atoms with Crippen LogP contribution >= 0.6 is 15.9 Å². The second-order valence-electron chi connectivity index (χ2n) is 3.69. The molecule has 0 aromatic heterocycles. The standard InChI is InChI=1S/C10H7Br.C10H8.CH4/c11-10-7-3-5-8-4-1-2-6-9(8)10;1-2-6-10-8-4-3-7-9(10)5-1;/h1-7H;1-8H;1H4/i1D,2D,3D,4D,5D,6D,7D;1D,2D,3D,4D,5D,6D,7D,8D;. The Labute approximate surface area is 161 Å². The Morgan fingerprint density at radius 3 is 1.50 bits per heavy atom. The van der Waals surface area contributed by atoms with Gasteiger partial charge in [0, 0.05) is 4.47 Å². The summed E-state index contributed by atoms with van der Waals surface area (Å²) in [4.78, 5) is 0. The Balaban J connectivity index is 0.000000253. The van der Waals surface area contributed by atoms with Gasteiger partial charge in [0.2, 0.25) is 0 Å². The van der Waals surface area contributed by atoms with E-state index in [0.717, 1.165) is 0 Å². The van der Waals surface area contributed by atoms with Crippen molar-refractivity contribution in [1.29, 1.82) is 0 Å². The number of halogens is 1. The Morgan fingerprint density at radius 2 is 0.955 bits per heavy atom. The van der Waals surface area contributed by atoms with Crippen molar-refractivity contribution in [3.8, 4) is 0 Å². The van der Waals surface area contributed by atoms with E-state index in [2.05, 4.69) is 15.9 Å². The summed E-state index contributed by atoms with van der Waals surface area (Å²) < 4.78 is 115. The van der Waals surface area contributed by atoms with E-state index in [1.807, 2.05) is 0 Å². The molecule has 1 heteroatoms. The first-order chi connectivity index (χ1) is 16.6.